The Labute approximate surface area is 327 Å². The van der Waals surface area contributed by atoms with Crippen LogP contribution < -0.4 is 26.0 Å². The lowest BCUT2D eigenvalue weighted by Crippen LogP contribution is -2.59. The first-order valence-electron chi connectivity index (χ1n) is 20.1. The van der Waals surface area contributed by atoms with E-state index in [9.17, 15) is 0 Å². The molecule has 280 valence electrons. The van der Waals surface area contributed by atoms with Crippen molar-refractivity contribution in [1.29, 1.82) is 0 Å². The molecule has 0 saturated heterocycles. The zero-order valence-corrected chi connectivity index (χ0v) is 36.0. The van der Waals surface area contributed by atoms with E-state index in [0.29, 0.717) is 0 Å². The van der Waals surface area contributed by atoms with Crippen molar-refractivity contribution >= 4 is 40.2 Å². The quantitative estimate of drug-likeness (QED) is 0.165. The van der Waals surface area contributed by atoms with Crippen LogP contribution in [0.5, 0.6) is 11.5 Å². The number of ether oxygens (including phenoxy) is 1. The molecule has 0 aromatic heterocycles. The summed E-state index contributed by atoms with van der Waals surface area (Å²) < 4.78 is 6.90. The van der Waals surface area contributed by atoms with E-state index in [1.54, 1.807) is 0 Å². The largest absolute Gasteiger partial charge is 0.458 e. The normalized spacial score (nSPS) is 14.4. The van der Waals surface area contributed by atoms with Crippen LogP contribution in [-0.4, -0.2) is 6.71 Å². The Morgan fingerprint density at radius 3 is 1.63 bits per heavy atom. The first-order valence-corrected chi connectivity index (χ1v) is 20.1. The summed E-state index contributed by atoms with van der Waals surface area (Å²) >= 11 is 0. The van der Waals surface area contributed by atoms with Gasteiger partial charge in [0.2, 0.25) is 0 Å². The maximum atomic E-state index is 6.90. The summed E-state index contributed by atoms with van der Waals surface area (Å²) in [5.41, 5.74) is 18.0. The van der Waals surface area contributed by atoms with Gasteiger partial charge in [-0.15, -0.1) is 0 Å². The van der Waals surface area contributed by atoms with Crippen molar-refractivity contribution < 1.29 is 4.74 Å². The molecule has 0 bridgehead atoms. The minimum atomic E-state index is -0.0188. The average Bonchev–Trinajstić information content (AvgIpc) is 3.05. The second-order valence-corrected chi connectivity index (χ2v) is 21.3. The van der Waals surface area contributed by atoms with Crippen LogP contribution >= 0.6 is 0 Å². The molecular weight excluding hydrogens is 653 g/mol. The Balaban J connectivity index is 1.58. The number of hydrogen-bond donors (Lipinski definition) is 0. The molecule has 0 atom stereocenters. The Morgan fingerprint density at radius 2 is 1.02 bits per heavy atom. The van der Waals surface area contributed by atoms with Crippen molar-refractivity contribution in [1.82, 2.24) is 0 Å². The highest BCUT2D eigenvalue weighted by molar-refractivity contribution is 6.99. The summed E-state index contributed by atoms with van der Waals surface area (Å²) in [5.74, 6) is 1.92. The van der Waals surface area contributed by atoms with Crippen LogP contribution in [0.25, 0.3) is 11.1 Å². The van der Waals surface area contributed by atoms with Crippen molar-refractivity contribution in [2.45, 2.75) is 138 Å². The number of hydrogen-bond acceptors (Lipinski definition) is 2. The fourth-order valence-corrected chi connectivity index (χ4v) is 8.49. The Morgan fingerprint density at radius 1 is 0.444 bits per heavy atom. The van der Waals surface area contributed by atoms with Crippen molar-refractivity contribution in [3.63, 3.8) is 0 Å². The molecule has 0 amide bonds. The number of rotatable bonds is 2. The Bertz CT molecular complexity index is 2290. The van der Waals surface area contributed by atoms with Gasteiger partial charge in [0.1, 0.15) is 11.5 Å². The van der Waals surface area contributed by atoms with Gasteiger partial charge < -0.3 is 9.64 Å². The van der Waals surface area contributed by atoms with E-state index >= 15 is 0 Å². The van der Waals surface area contributed by atoms with Crippen LogP contribution in [0.2, 0.25) is 0 Å². The number of anilines is 3. The summed E-state index contributed by atoms with van der Waals surface area (Å²) in [4.78, 5) is 2.57. The van der Waals surface area contributed by atoms with Crippen LogP contribution in [0.3, 0.4) is 0 Å². The summed E-state index contributed by atoms with van der Waals surface area (Å²) in [7, 11) is 0. The summed E-state index contributed by atoms with van der Waals surface area (Å²) in [6, 6.07) is 33.2. The molecule has 2 heterocycles. The molecule has 54 heavy (non-hydrogen) atoms. The predicted octanol–water partition coefficient (Wildman–Crippen LogP) is 12.6. The standard InChI is InChI=1S/C51H62BNO/c1-31-25-43-46-45(26-31)54-44-24-20-34(48(5,6)7)29-40(44)52(46)39-22-18-35(49(8,9)10)30-42(39)53(43)41-23-19-33(47(2,3)4)28-36(41)32-17-21-37(50(11,12)13)38(27-32)51(14,15)16/h17-30H,1-16H3. The maximum Gasteiger partial charge on any atom is 0.256 e. The van der Waals surface area contributed by atoms with Gasteiger partial charge in [0.15, 0.2) is 0 Å². The summed E-state index contributed by atoms with van der Waals surface area (Å²) in [5, 5.41) is 0. The van der Waals surface area contributed by atoms with Gasteiger partial charge in [0.25, 0.3) is 6.71 Å². The highest BCUT2D eigenvalue weighted by atomic mass is 16.5. The smallest absolute Gasteiger partial charge is 0.256 e. The highest BCUT2D eigenvalue weighted by Crippen LogP contribution is 2.48. The molecule has 0 fully saturated rings. The molecule has 3 heteroatoms. The van der Waals surface area contributed by atoms with Crippen LogP contribution in [0.15, 0.2) is 84.9 Å². The number of nitrogens with zero attached hydrogens (tertiary/aromatic N) is 1. The zero-order chi connectivity index (χ0) is 39.5. The molecule has 5 aromatic rings. The molecule has 2 aliphatic rings. The fourth-order valence-electron chi connectivity index (χ4n) is 8.49. The minimum Gasteiger partial charge on any atom is -0.458 e. The van der Waals surface area contributed by atoms with Gasteiger partial charge in [0, 0.05) is 16.9 Å². The maximum absolute atomic E-state index is 6.90. The molecule has 7 rings (SSSR count). The van der Waals surface area contributed by atoms with E-state index in [4.69, 9.17) is 4.74 Å². The number of benzene rings is 5. The third-order valence-electron chi connectivity index (χ3n) is 11.7. The number of aryl methyl sites for hydroxylation is 1. The van der Waals surface area contributed by atoms with Crippen LogP contribution in [0, 0.1) is 6.92 Å². The van der Waals surface area contributed by atoms with Gasteiger partial charge in [-0.3, -0.25) is 0 Å². The second kappa shape index (κ2) is 12.4. The molecule has 0 radical (unpaired) electrons. The molecule has 2 aliphatic heterocycles. The van der Waals surface area contributed by atoms with Crippen molar-refractivity contribution in [2.75, 3.05) is 4.90 Å². The van der Waals surface area contributed by atoms with Gasteiger partial charge in [-0.25, -0.2) is 0 Å². The lowest BCUT2D eigenvalue weighted by Gasteiger charge is -2.42. The van der Waals surface area contributed by atoms with Gasteiger partial charge in [0.05, 0.1) is 5.69 Å². The fraction of sp³-hybridized carbons (Fsp3) is 0.412. The van der Waals surface area contributed by atoms with Crippen molar-refractivity contribution in [3.8, 4) is 22.6 Å². The zero-order valence-electron chi connectivity index (χ0n) is 36.0. The number of fused-ring (bicyclic) bond motifs is 4. The van der Waals surface area contributed by atoms with Crippen molar-refractivity contribution in [2.24, 2.45) is 0 Å². The SMILES string of the molecule is Cc1cc2c3c(c1)N(c1ccc(C(C)(C)C)cc1-c1ccc(C(C)(C)C)c(C(C)(C)C)c1)c1cc(C(C)(C)C)ccc1B3c1cc(C(C)(C)C)ccc1O2. The van der Waals surface area contributed by atoms with Crippen LogP contribution in [0.1, 0.15) is 137 Å². The second-order valence-electron chi connectivity index (χ2n) is 21.3. The summed E-state index contributed by atoms with van der Waals surface area (Å²) in [6.45, 7) is 37.2. The first kappa shape index (κ1) is 38.1. The molecule has 2 nitrogen and oxygen atoms in total. The summed E-state index contributed by atoms with van der Waals surface area (Å²) in [6.07, 6.45) is 0. The topological polar surface area (TPSA) is 12.5 Å². The molecule has 5 aromatic carbocycles. The van der Waals surface area contributed by atoms with Crippen LogP contribution in [0.4, 0.5) is 17.1 Å². The van der Waals surface area contributed by atoms with E-state index in [1.807, 2.05) is 0 Å². The van der Waals surface area contributed by atoms with E-state index < -0.39 is 0 Å². The van der Waals surface area contributed by atoms with Gasteiger partial charge in [-0.2, -0.15) is 0 Å². The molecule has 0 unspecified atom stereocenters. The van der Waals surface area contributed by atoms with E-state index in [-0.39, 0.29) is 33.8 Å². The molecule has 0 N–H and O–H groups in total. The van der Waals surface area contributed by atoms with Gasteiger partial charge >= 0.3 is 0 Å². The molecule has 0 spiro atoms. The Kier molecular flexibility index (Phi) is 8.73. The highest BCUT2D eigenvalue weighted by Gasteiger charge is 2.43. The average molecular weight is 716 g/mol. The van der Waals surface area contributed by atoms with E-state index in [1.165, 1.54) is 78.0 Å². The van der Waals surface area contributed by atoms with E-state index in [0.717, 1.165) is 11.5 Å². The van der Waals surface area contributed by atoms with Gasteiger partial charge in [-0.05, 0) is 126 Å². The third kappa shape index (κ3) is 6.60. The minimum absolute atomic E-state index is 0.0133. The van der Waals surface area contributed by atoms with Crippen LogP contribution in [-0.2, 0) is 27.1 Å². The first-order chi connectivity index (χ1) is 24.8. The predicted molar refractivity (Wildman–Crippen MR) is 236 cm³/mol. The molecule has 0 saturated carbocycles. The van der Waals surface area contributed by atoms with Gasteiger partial charge in [-0.1, -0.05) is 152 Å². The Hall–Kier alpha value is -4.24. The molecular formula is C51H62BNO. The van der Waals surface area contributed by atoms with E-state index in [2.05, 4.69) is 201 Å². The lowest BCUT2D eigenvalue weighted by molar-refractivity contribution is 0.486. The molecule has 0 aliphatic carbocycles. The van der Waals surface area contributed by atoms with Crippen molar-refractivity contribution in [3.05, 3.63) is 118 Å². The monoisotopic (exact) mass is 715 g/mol. The lowest BCUT2D eigenvalue weighted by atomic mass is 9.34. The third-order valence-corrected chi connectivity index (χ3v) is 11.7.